The topological polar surface area (TPSA) is 50.6 Å². The summed E-state index contributed by atoms with van der Waals surface area (Å²) in [6, 6.07) is 9.12. The maximum Gasteiger partial charge on any atom is 0.408 e. The largest absolute Gasteiger partial charge is 0.408 e. The highest BCUT2D eigenvalue weighted by Crippen LogP contribution is 2.34. The van der Waals surface area contributed by atoms with E-state index >= 15 is 0 Å². The van der Waals surface area contributed by atoms with Crippen LogP contribution in [0.3, 0.4) is 0 Å². The van der Waals surface area contributed by atoms with Crippen molar-refractivity contribution in [3.05, 3.63) is 52.3 Å². The molecule has 1 fully saturated rings. The summed E-state index contributed by atoms with van der Waals surface area (Å²) in [4.78, 5) is 20.3. The molecule has 3 heterocycles. The van der Waals surface area contributed by atoms with Gasteiger partial charge in [0.2, 0.25) is 5.95 Å². The molecular formula is C20H23F3N4O2. The average molecular weight is 408 g/mol. The molecule has 0 spiro atoms. The van der Waals surface area contributed by atoms with Gasteiger partial charge in [0.15, 0.2) is 0 Å². The molecule has 0 unspecified atom stereocenters. The first-order valence-electron chi connectivity index (χ1n) is 9.75. The SMILES string of the molecule is O=c1cc(N2CCOCC2)nc2n1CC[C@@H](C(F)(F)F)N2CCc1ccccc1. The molecule has 4 rings (SSSR count). The number of nitrogens with zero attached hydrogens (tertiary/aromatic N) is 4. The molecule has 9 heteroatoms. The lowest BCUT2D eigenvalue weighted by molar-refractivity contribution is -0.152. The van der Waals surface area contributed by atoms with E-state index < -0.39 is 12.2 Å². The number of morpholine rings is 1. The molecule has 0 N–H and O–H groups in total. The third kappa shape index (κ3) is 4.24. The molecule has 1 saturated heterocycles. The Hall–Kier alpha value is -2.55. The van der Waals surface area contributed by atoms with Crippen molar-refractivity contribution in [2.45, 2.75) is 31.6 Å². The maximum atomic E-state index is 13.8. The van der Waals surface area contributed by atoms with Gasteiger partial charge >= 0.3 is 6.18 Å². The second-order valence-corrected chi connectivity index (χ2v) is 7.28. The van der Waals surface area contributed by atoms with Gasteiger partial charge in [-0.1, -0.05) is 30.3 Å². The highest BCUT2D eigenvalue weighted by molar-refractivity contribution is 5.47. The molecule has 1 aromatic heterocycles. The van der Waals surface area contributed by atoms with Crippen molar-refractivity contribution >= 4 is 11.8 Å². The van der Waals surface area contributed by atoms with Crippen molar-refractivity contribution in [3.8, 4) is 0 Å². The van der Waals surface area contributed by atoms with Crippen LogP contribution in [0.2, 0.25) is 0 Å². The number of fused-ring (bicyclic) bond motifs is 1. The standard InChI is InChI=1S/C20H23F3N4O2/c21-20(22,23)16-7-9-27-18(28)14-17(25-10-12-29-13-11-25)24-19(27)26(16)8-6-15-4-2-1-3-5-15/h1-5,14,16H,6-13H2/t16-/m0/s1. The van der Waals surface area contributed by atoms with Gasteiger partial charge in [-0.15, -0.1) is 0 Å². The zero-order valence-corrected chi connectivity index (χ0v) is 15.9. The Morgan fingerprint density at radius 3 is 2.52 bits per heavy atom. The molecule has 0 aliphatic carbocycles. The third-order valence-electron chi connectivity index (χ3n) is 5.43. The van der Waals surface area contributed by atoms with Crippen LogP contribution in [0.15, 0.2) is 41.2 Å². The second kappa shape index (κ2) is 8.06. The van der Waals surface area contributed by atoms with Crippen LogP contribution in [-0.4, -0.2) is 54.6 Å². The Morgan fingerprint density at radius 2 is 1.83 bits per heavy atom. The molecule has 0 amide bonds. The van der Waals surface area contributed by atoms with Gasteiger partial charge < -0.3 is 14.5 Å². The summed E-state index contributed by atoms with van der Waals surface area (Å²) in [6.45, 7) is 2.26. The molecule has 1 aromatic carbocycles. The van der Waals surface area contributed by atoms with Gasteiger partial charge in [-0.05, 0) is 18.4 Å². The highest BCUT2D eigenvalue weighted by atomic mass is 19.4. The summed E-state index contributed by atoms with van der Waals surface area (Å²) >= 11 is 0. The fourth-order valence-corrected chi connectivity index (χ4v) is 3.90. The first kappa shape index (κ1) is 19.8. The molecule has 6 nitrogen and oxygen atoms in total. The van der Waals surface area contributed by atoms with E-state index in [-0.39, 0.29) is 31.0 Å². The maximum absolute atomic E-state index is 13.8. The van der Waals surface area contributed by atoms with Gasteiger partial charge in [-0.3, -0.25) is 9.36 Å². The van der Waals surface area contributed by atoms with Crippen LogP contribution in [0.25, 0.3) is 0 Å². The zero-order chi connectivity index (χ0) is 20.4. The number of hydrogen-bond acceptors (Lipinski definition) is 5. The fourth-order valence-electron chi connectivity index (χ4n) is 3.90. The van der Waals surface area contributed by atoms with Crippen LogP contribution in [0, 0.1) is 0 Å². The molecule has 2 aliphatic rings. The number of benzene rings is 1. The van der Waals surface area contributed by atoms with Crippen LogP contribution < -0.4 is 15.4 Å². The third-order valence-corrected chi connectivity index (χ3v) is 5.43. The molecular weight excluding hydrogens is 385 g/mol. The van der Waals surface area contributed by atoms with Crippen LogP contribution in [0.4, 0.5) is 24.9 Å². The van der Waals surface area contributed by atoms with Crippen molar-refractivity contribution in [3.63, 3.8) is 0 Å². The van der Waals surface area contributed by atoms with Gasteiger partial charge in [-0.25, -0.2) is 0 Å². The van der Waals surface area contributed by atoms with Crippen LogP contribution in [-0.2, 0) is 17.7 Å². The number of rotatable bonds is 4. The van der Waals surface area contributed by atoms with Crippen LogP contribution in [0.5, 0.6) is 0 Å². The molecule has 0 radical (unpaired) electrons. The number of alkyl halides is 3. The Balaban J connectivity index is 1.69. The second-order valence-electron chi connectivity index (χ2n) is 7.28. The van der Waals surface area contributed by atoms with E-state index in [0.717, 1.165) is 5.56 Å². The van der Waals surface area contributed by atoms with E-state index in [1.807, 2.05) is 35.2 Å². The van der Waals surface area contributed by atoms with Crippen molar-refractivity contribution in [1.29, 1.82) is 0 Å². The number of halogens is 3. The lowest BCUT2D eigenvalue weighted by Gasteiger charge is -2.39. The highest BCUT2D eigenvalue weighted by Gasteiger charge is 2.46. The quantitative estimate of drug-likeness (QED) is 0.778. The monoisotopic (exact) mass is 408 g/mol. The van der Waals surface area contributed by atoms with Crippen molar-refractivity contribution in [1.82, 2.24) is 9.55 Å². The molecule has 0 bridgehead atoms. The van der Waals surface area contributed by atoms with Crippen molar-refractivity contribution in [2.24, 2.45) is 0 Å². The van der Waals surface area contributed by atoms with Crippen molar-refractivity contribution in [2.75, 3.05) is 42.6 Å². The molecule has 2 aliphatic heterocycles. The van der Waals surface area contributed by atoms with Gasteiger partial charge in [0.1, 0.15) is 11.9 Å². The summed E-state index contributed by atoms with van der Waals surface area (Å²) in [6.07, 6.45) is -4.12. The smallest absolute Gasteiger partial charge is 0.378 e. The van der Waals surface area contributed by atoms with Crippen LogP contribution >= 0.6 is 0 Å². The summed E-state index contributed by atoms with van der Waals surface area (Å²) in [5, 5.41) is 0. The van der Waals surface area contributed by atoms with Gasteiger partial charge in [0.25, 0.3) is 5.56 Å². The number of anilines is 2. The zero-order valence-electron chi connectivity index (χ0n) is 15.9. The fraction of sp³-hybridized carbons (Fsp3) is 0.500. The van der Waals surface area contributed by atoms with E-state index in [4.69, 9.17) is 4.74 Å². The Labute approximate surface area is 166 Å². The molecule has 0 saturated carbocycles. The molecule has 1 atom stereocenters. The van der Waals surface area contributed by atoms with Crippen LogP contribution in [0.1, 0.15) is 12.0 Å². The minimum Gasteiger partial charge on any atom is -0.378 e. The Morgan fingerprint density at radius 1 is 1.10 bits per heavy atom. The van der Waals surface area contributed by atoms with Gasteiger partial charge in [0.05, 0.1) is 13.2 Å². The Bertz CT molecular complexity index is 895. The van der Waals surface area contributed by atoms with Crippen molar-refractivity contribution < 1.29 is 17.9 Å². The number of hydrogen-bond donors (Lipinski definition) is 0. The Kier molecular flexibility index (Phi) is 5.49. The average Bonchev–Trinajstić information content (AvgIpc) is 2.72. The molecule has 2 aromatic rings. The minimum atomic E-state index is -4.39. The van der Waals surface area contributed by atoms with E-state index in [2.05, 4.69) is 4.98 Å². The van der Waals surface area contributed by atoms with Gasteiger partial charge in [0, 0.05) is 32.2 Å². The number of aromatic nitrogens is 2. The summed E-state index contributed by atoms with van der Waals surface area (Å²) < 4.78 is 48.0. The first-order chi connectivity index (χ1) is 13.9. The minimum absolute atomic E-state index is 0.0105. The summed E-state index contributed by atoms with van der Waals surface area (Å²) in [5.41, 5.74) is 0.624. The van der Waals surface area contributed by atoms with Gasteiger partial charge in [-0.2, -0.15) is 18.2 Å². The number of ether oxygens (including phenoxy) is 1. The lowest BCUT2D eigenvalue weighted by atomic mass is 10.1. The van der Waals surface area contributed by atoms with E-state index in [1.54, 1.807) is 0 Å². The molecule has 29 heavy (non-hydrogen) atoms. The molecule has 156 valence electrons. The summed E-state index contributed by atoms with van der Waals surface area (Å²) in [7, 11) is 0. The first-order valence-corrected chi connectivity index (χ1v) is 9.75. The van der Waals surface area contributed by atoms with E-state index in [9.17, 15) is 18.0 Å². The predicted octanol–water partition coefficient (Wildman–Crippen LogP) is 2.46. The summed E-state index contributed by atoms with van der Waals surface area (Å²) in [5.74, 6) is 0.514. The van der Waals surface area contributed by atoms with E-state index in [1.165, 1.54) is 15.5 Å². The predicted molar refractivity (Wildman–Crippen MR) is 103 cm³/mol. The van der Waals surface area contributed by atoms with E-state index in [0.29, 0.717) is 38.5 Å². The normalized spacial score (nSPS) is 19.9. The lowest BCUT2D eigenvalue weighted by Crippen LogP contribution is -2.53.